The van der Waals surface area contributed by atoms with Crippen molar-refractivity contribution in [3.8, 4) is 11.1 Å². The lowest BCUT2D eigenvalue weighted by atomic mass is 9.98. The van der Waals surface area contributed by atoms with Crippen molar-refractivity contribution in [1.82, 2.24) is 9.80 Å². The maximum absolute atomic E-state index is 13.5. The van der Waals surface area contributed by atoms with E-state index in [-0.39, 0.29) is 11.8 Å². The Morgan fingerprint density at radius 1 is 1.06 bits per heavy atom. The van der Waals surface area contributed by atoms with Gasteiger partial charge in [-0.1, -0.05) is 24.3 Å². The van der Waals surface area contributed by atoms with E-state index < -0.39 is 5.54 Å². The second-order valence-electron chi connectivity index (χ2n) is 11.2. The third-order valence-corrected chi connectivity index (χ3v) is 9.38. The van der Waals surface area contributed by atoms with Crippen molar-refractivity contribution >= 4 is 39.1 Å². The summed E-state index contributed by atoms with van der Waals surface area (Å²) in [6.07, 6.45) is 4.74. The summed E-state index contributed by atoms with van der Waals surface area (Å²) in [7, 11) is 0. The minimum absolute atomic E-state index is 0.159. The van der Waals surface area contributed by atoms with Gasteiger partial charge in [-0.05, 0) is 92.1 Å². The number of carbonyl (C=O) groups is 2. The Bertz CT molecular complexity index is 1450. The van der Waals surface area contributed by atoms with Crippen molar-refractivity contribution in [2.45, 2.75) is 51.5 Å². The van der Waals surface area contributed by atoms with Gasteiger partial charge in [0.1, 0.15) is 11.4 Å². The summed E-state index contributed by atoms with van der Waals surface area (Å²) in [6.45, 7) is 6.52. The summed E-state index contributed by atoms with van der Waals surface area (Å²) >= 11 is 1.83. The van der Waals surface area contributed by atoms with Crippen LogP contribution < -0.4 is 0 Å². The molecule has 0 bridgehead atoms. The van der Waals surface area contributed by atoms with E-state index >= 15 is 0 Å². The first-order valence-corrected chi connectivity index (χ1v) is 14.0. The predicted octanol–water partition coefficient (Wildman–Crippen LogP) is 5.57. The van der Waals surface area contributed by atoms with Crippen LogP contribution in [0.15, 0.2) is 47.5 Å². The zero-order valence-electron chi connectivity index (χ0n) is 20.9. The van der Waals surface area contributed by atoms with Crippen LogP contribution in [0.1, 0.15) is 48.1 Å². The Kier molecular flexibility index (Phi) is 4.94. The van der Waals surface area contributed by atoms with E-state index in [0.29, 0.717) is 18.4 Å². The smallest absolute Gasteiger partial charge is 0.256 e. The molecule has 4 aliphatic rings. The van der Waals surface area contributed by atoms with Crippen LogP contribution in [0.25, 0.3) is 21.2 Å². The lowest BCUT2D eigenvalue weighted by molar-refractivity contribution is -0.131. The average Bonchev–Trinajstić information content (AvgIpc) is 3.76. The van der Waals surface area contributed by atoms with Crippen molar-refractivity contribution < 1.29 is 9.59 Å². The molecule has 1 spiro atoms. The lowest BCUT2D eigenvalue weighted by Crippen LogP contribution is -2.41. The SMILES string of the molecule is Cc1cc2cc(-c3ccc(C4=NC5(CC5)C(=O)N4C[C@@H]4CCN(C(=O)C5CC5)C4)c(C)c3)ccc2s1. The minimum Gasteiger partial charge on any atom is -0.342 e. The standard InChI is InChI=1S/C30H31N3O2S/c1-18-13-22(23-6-8-26-24(15-23)14-19(2)36-26)5-7-25(18)27-31-30(10-11-30)29(35)33(27)17-20-9-12-32(16-20)28(34)21-3-4-21/h5-8,13-15,20-21H,3-4,9-12,16-17H2,1-2H3/t20-/m1/s1. The van der Waals surface area contributed by atoms with Gasteiger partial charge in [0.05, 0.1) is 0 Å². The molecule has 0 unspecified atom stereocenters. The first kappa shape index (κ1) is 22.2. The van der Waals surface area contributed by atoms with Crippen LogP contribution in [0.4, 0.5) is 0 Å². The quantitative estimate of drug-likeness (QED) is 0.463. The van der Waals surface area contributed by atoms with E-state index in [4.69, 9.17) is 4.99 Å². The summed E-state index contributed by atoms with van der Waals surface area (Å²) in [6, 6.07) is 15.5. The van der Waals surface area contributed by atoms with Crippen molar-refractivity contribution in [2.75, 3.05) is 19.6 Å². The first-order valence-electron chi connectivity index (χ1n) is 13.2. The molecule has 2 amide bonds. The average molecular weight is 498 g/mol. The molecule has 3 heterocycles. The number of thiophene rings is 1. The van der Waals surface area contributed by atoms with E-state index in [1.54, 1.807) is 0 Å². The molecule has 1 saturated heterocycles. The van der Waals surface area contributed by atoms with Gasteiger partial charge in [-0.2, -0.15) is 0 Å². The van der Waals surface area contributed by atoms with Gasteiger partial charge in [0.15, 0.2) is 0 Å². The Balaban J connectivity index is 1.15. The predicted molar refractivity (Wildman–Crippen MR) is 144 cm³/mol. The Morgan fingerprint density at radius 3 is 2.58 bits per heavy atom. The topological polar surface area (TPSA) is 53.0 Å². The summed E-state index contributed by atoms with van der Waals surface area (Å²) in [5.41, 5.74) is 4.06. The Hall–Kier alpha value is -2.99. The van der Waals surface area contributed by atoms with Crippen LogP contribution in [-0.2, 0) is 9.59 Å². The van der Waals surface area contributed by atoms with E-state index in [0.717, 1.165) is 62.2 Å². The first-order chi connectivity index (χ1) is 17.4. The highest BCUT2D eigenvalue weighted by molar-refractivity contribution is 7.19. The minimum atomic E-state index is -0.523. The van der Waals surface area contributed by atoms with Crippen molar-refractivity contribution in [3.63, 3.8) is 0 Å². The van der Waals surface area contributed by atoms with E-state index in [1.165, 1.54) is 26.1 Å². The molecule has 2 saturated carbocycles. The summed E-state index contributed by atoms with van der Waals surface area (Å²) in [5.74, 6) is 1.88. The normalized spacial score (nSPS) is 22.7. The Morgan fingerprint density at radius 2 is 1.83 bits per heavy atom. The van der Waals surface area contributed by atoms with Gasteiger partial charge in [0, 0.05) is 40.7 Å². The molecular formula is C30H31N3O2S. The largest absolute Gasteiger partial charge is 0.342 e. The molecular weight excluding hydrogens is 466 g/mol. The molecule has 3 aromatic rings. The fraction of sp³-hybridized carbons (Fsp3) is 0.433. The zero-order chi connectivity index (χ0) is 24.6. The molecule has 2 aromatic carbocycles. The number of rotatable bonds is 5. The second kappa shape index (κ2) is 8.01. The van der Waals surface area contributed by atoms with Crippen molar-refractivity contribution in [3.05, 3.63) is 58.5 Å². The zero-order valence-corrected chi connectivity index (χ0v) is 21.7. The number of nitrogens with zero attached hydrogens (tertiary/aromatic N) is 3. The number of hydrogen-bond donors (Lipinski definition) is 0. The molecule has 5 nitrogen and oxygen atoms in total. The number of amidine groups is 1. The number of hydrogen-bond acceptors (Lipinski definition) is 4. The molecule has 7 rings (SSSR count). The van der Waals surface area contributed by atoms with Crippen LogP contribution in [0.2, 0.25) is 0 Å². The highest BCUT2D eigenvalue weighted by Crippen LogP contribution is 2.46. The maximum atomic E-state index is 13.5. The van der Waals surface area contributed by atoms with Gasteiger partial charge < -0.3 is 4.90 Å². The monoisotopic (exact) mass is 497 g/mol. The molecule has 184 valence electrons. The van der Waals surface area contributed by atoms with Gasteiger partial charge in [0.25, 0.3) is 5.91 Å². The summed E-state index contributed by atoms with van der Waals surface area (Å²) in [4.78, 5) is 36.3. The lowest BCUT2D eigenvalue weighted by Gasteiger charge is -2.24. The highest BCUT2D eigenvalue weighted by Gasteiger charge is 2.57. The van der Waals surface area contributed by atoms with E-state index in [2.05, 4.69) is 56.3 Å². The molecule has 1 aromatic heterocycles. The molecule has 3 fully saturated rings. The third kappa shape index (κ3) is 3.69. The third-order valence-electron chi connectivity index (χ3n) is 8.35. The van der Waals surface area contributed by atoms with Gasteiger partial charge in [-0.15, -0.1) is 11.3 Å². The molecule has 1 atom stereocenters. The summed E-state index contributed by atoms with van der Waals surface area (Å²) in [5, 5.41) is 1.29. The number of benzene rings is 2. The highest BCUT2D eigenvalue weighted by atomic mass is 32.1. The summed E-state index contributed by atoms with van der Waals surface area (Å²) < 4.78 is 1.32. The number of likely N-dealkylation sites (tertiary alicyclic amines) is 1. The number of aliphatic imine (C=N–C) groups is 1. The van der Waals surface area contributed by atoms with Gasteiger partial charge >= 0.3 is 0 Å². The van der Waals surface area contributed by atoms with Crippen LogP contribution in [0, 0.1) is 25.7 Å². The molecule has 0 N–H and O–H groups in total. The van der Waals surface area contributed by atoms with Crippen LogP contribution in [-0.4, -0.2) is 52.6 Å². The van der Waals surface area contributed by atoms with Crippen LogP contribution in [0.5, 0.6) is 0 Å². The van der Waals surface area contributed by atoms with Crippen LogP contribution in [0.3, 0.4) is 0 Å². The van der Waals surface area contributed by atoms with E-state index in [1.807, 2.05) is 21.1 Å². The number of carbonyl (C=O) groups excluding carboxylic acids is 2. The molecule has 0 radical (unpaired) electrons. The number of aryl methyl sites for hydroxylation is 2. The Labute approximate surface area is 215 Å². The van der Waals surface area contributed by atoms with Gasteiger partial charge in [-0.25, -0.2) is 0 Å². The molecule has 2 aliphatic heterocycles. The fourth-order valence-corrected chi connectivity index (χ4v) is 6.86. The van der Waals surface area contributed by atoms with Gasteiger partial charge in [0.2, 0.25) is 5.91 Å². The number of amides is 2. The molecule has 2 aliphatic carbocycles. The number of fused-ring (bicyclic) bond motifs is 1. The van der Waals surface area contributed by atoms with Crippen LogP contribution >= 0.6 is 11.3 Å². The van der Waals surface area contributed by atoms with Crippen molar-refractivity contribution in [1.29, 1.82) is 0 Å². The second-order valence-corrected chi connectivity index (χ2v) is 12.5. The fourth-order valence-electron chi connectivity index (χ4n) is 5.96. The van der Waals surface area contributed by atoms with Crippen molar-refractivity contribution in [2.24, 2.45) is 16.8 Å². The molecule has 6 heteroatoms. The van der Waals surface area contributed by atoms with Gasteiger partial charge in [-0.3, -0.25) is 19.5 Å². The molecule has 36 heavy (non-hydrogen) atoms. The maximum Gasteiger partial charge on any atom is 0.256 e. The van der Waals surface area contributed by atoms with E-state index in [9.17, 15) is 9.59 Å².